The number of aromatic nitrogens is 2. The van der Waals surface area contributed by atoms with Crippen molar-refractivity contribution in [1.82, 2.24) is 9.88 Å². The van der Waals surface area contributed by atoms with Gasteiger partial charge in [-0.05, 0) is 43.0 Å². The number of carbonyl (C=O) groups excluding carboxylic acids is 3. The zero-order valence-electron chi connectivity index (χ0n) is 19.6. The van der Waals surface area contributed by atoms with Gasteiger partial charge in [0.2, 0.25) is 5.91 Å². The highest BCUT2D eigenvalue weighted by Gasteiger charge is 2.57. The van der Waals surface area contributed by atoms with E-state index in [1.54, 1.807) is 12.3 Å². The Morgan fingerprint density at radius 1 is 1.19 bits per heavy atom. The summed E-state index contributed by atoms with van der Waals surface area (Å²) in [6.07, 6.45) is 4.78. The molecular weight excluding hydrogens is 466 g/mol. The number of aromatic hydroxyl groups is 2. The molecule has 4 heterocycles. The molecule has 5 rings (SSSR count). The van der Waals surface area contributed by atoms with Crippen LogP contribution in [-0.4, -0.2) is 55.2 Å². The standard InChI is InChI=1S/C26H23N3O7/c1-13(30)23-20-9-18(24(29(20)25(23)34)26(35)36-14(2)31)19-4-3-15(10-27-19)11-28-6-5-16-7-21(32)22(33)8-17(16)12-28/h3-8,10,12-13,20,23,30,33H,9,11H2,1-2H3/p+1/t13-,20?,23-/m1/s1. The molecule has 0 bridgehead atoms. The van der Waals surface area contributed by atoms with E-state index in [-0.39, 0.29) is 23.1 Å². The van der Waals surface area contributed by atoms with Crippen molar-refractivity contribution in [3.8, 4) is 11.5 Å². The number of pyridine rings is 2. The molecule has 0 spiro atoms. The average Bonchev–Trinajstić information content (AvgIpc) is 3.15. The molecule has 1 saturated heterocycles. The lowest BCUT2D eigenvalue weighted by Crippen LogP contribution is -2.61. The highest BCUT2D eigenvalue weighted by Crippen LogP contribution is 2.46. The lowest BCUT2D eigenvalue weighted by molar-refractivity contribution is -0.687. The Labute approximate surface area is 205 Å². The number of fused-ring (bicyclic) bond motifs is 2. The maximum atomic E-state index is 12.7. The first-order valence-corrected chi connectivity index (χ1v) is 11.4. The van der Waals surface area contributed by atoms with Crippen molar-refractivity contribution in [3.05, 3.63) is 65.9 Å². The highest BCUT2D eigenvalue weighted by atomic mass is 16.6. The van der Waals surface area contributed by atoms with Crippen molar-refractivity contribution in [2.45, 2.75) is 39.0 Å². The van der Waals surface area contributed by atoms with Gasteiger partial charge in [-0.2, -0.15) is 0 Å². The minimum atomic E-state index is -0.913. The van der Waals surface area contributed by atoms with E-state index >= 15 is 0 Å². The number of amides is 1. The third kappa shape index (κ3) is 3.95. The summed E-state index contributed by atoms with van der Waals surface area (Å²) in [7, 11) is 0. The van der Waals surface area contributed by atoms with Crippen LogP contribution in [0, 0.1) is 5.92 Å². The molecule has 2 aromatic heterocycles. The number of ether oxygens (including phenoxy) is 1. The van der Waals surface area contributed by atoms with Crippen LogP contribution in [0.1, 0.15) is 31.5 Å². The summed E-state index contributed by atoms with van der Waals surface area (Å²) >= 11 is 0. The minimum Gasteiger partial charge on any atom is -0.504 e. The van der Waals surface area contributed by atoms with Crippen LogP contribution >= 0.6 is 0 Å². The number of benzene rings is 1. The Morgan fingerprint density at radius 2 is 1.92 bits per heavy atom. The molecule has 36 heavy (non-hydrogen) atoms. The van der Waals surface area contributed by atoms with E-state index < -0.39 is 30.0 Å². The number of aliphatic hydroxyl groups is 1. The van der Waals surface area contributed by atoms with Crippen molar-refractivity contribution in [1.29, 1.82) is 0 Å². The molecule has 3 N–H and O–H groups in total. The second-order valence-corrected chi connectivity index (χ2v) is 9.09. The third-order valence-electron chi connectivity index (χ3n) is 6.59. The molecule has 0 saturated carbocycles. The van der Waals surface area contributed by atoms with Crippen molar-refractivity contribution in [2.75, 3.05) is 0 Å². The number of rotatable bonds is 5. The fourth-order valence-electron chi connectivity index (χ4n) is 4.94. The Bertz CT molecular complexity index is 1450. The largest absolute Gasteiger partial charge is 0.504 e. The van der Waals surface area contributed by atoms with Crippen LogP contribution in [-0.2, 0) is 25.7 Å². The molecule has 10 nitrogen and oxygen atoms in total. The van der Waals surface area contributed by atoms with E-state index in [1.165, 1.54) is 24.0 Å². The number of hydrogen-bond acceptors (Lipinski definition) is 8. The molecule has 1 aromatic carbocycles. The van der Waals surface area contributed by atoms with Gasteiger partial charge in [-0.1, -0.05) is 0 Å². The quantitative estimate of drug-likeness (QED) is 0.160. The van der Waals surface area contributed by atoms with Crippen LogP contribution in [0.3, 0.4) is 0 Å². The summed E-state index contributed by atoms with van der Waals surface area (Å²) in [4.78, 5) is 42.5. The van der Waals surface area contributed by atoms with E-state index in [0.29, 0.717) is 24.2 Å². The monoisotopic (exact) mass is 490 g/mol. The molecule has 184 valence electrons. The molecule has 1 fully saturated rings. The summed E-state index contributed by atoms with van der Waals surface area (Å²) < 4.78 is 6.68. The number of nitrogens with zero attached hydrogens (tertiary/aromatic N) is 3. The van der Waals surface area contributed by atoms with Crippen molar-refractivity contribution < 1.29 is 39.0 Å². The Balaban J connectivity index is 1.42. The van der Waals surface area contributed by atoms with Gasteiger partial charge in [0.05, 0.1) is 23.8 Å². The highest BCUT2D eigenvalue weighted by molar-refractivity contribution is 6.08. The van der Waals surface area contributed by atoms with Crippen LogP contribution in [0.15, 0.2) is 54.6 Å². The average molecular weight is 490 g/mol. The van der Waals surface area contributed by atoms with E-state index in [0.717, 1.165) is 23.3 Å². The normalized spacial score (nSPS) is 19.8. The van der Waals surface area contributed by atoms with Gasteiger partial charge < -0.3 is 25.0 Å². The first-order valence-electron chi connectivity index (χ1n) is 11.4. The summed E-state index contributed by atoms with van der Waals surface area (Å²) in [5, 5.41) is 31.0. The fraction of sp³-hybridized carbons (Fsp3) is 0.269. The van der Waals surface area contributed by atoms with Gasteiger partial charge in [0.15, 0.2) is 30.4 Å². The summed E-state index contributed by atoms with van der Waals surface area (Å²) in [6, 6.07) is 8.00. The predicted molar refractivity (Wildman–Crippen MR) is 125 cm³/mol. The lowest BCUT2D eigenvalue weighted by Gasteiger charge is -2.44. The smallest absolute Gasteiger partial charge is 0.363 e. The molecule has 1 unspecified atom stereocenters. The second-order valence-electron chi connectivity index (χ2n) is 9.09. The van der Waals surface area contributed by atoms with Crippen LogP contribution < -0.4 is 4.57 Å². The van der Waals surface area contributed by atoms with Crippen molar-refractivity contribution >= 4 is 34.2 Å². The zero-order chi connectivity index (χ0) is 25.7. The fourth-order valence-corrected chi connectivity index (χ4v) is 4.94. The summed E-state index contributed by atoms with van der Waals surface area (Å²) in [6.45, 7) is 3.12. The molecule has 0 radical (unpaired) electrons. The van der Waals surface area contributed by atoms with Gasteiger partial charge in [-0.3, -0.25) is 14.6 Å². The van der Waals surface area contributed by atoms with Gasteiger partial charge in [0, 0.05) is 35.7 Å². The van der Waals surface area contributed by atoms with Crippen molar-refractivity contribution in [3.63, 3.8) is 0 Å². The number of aliphatic hydroxyl groups excluding tert-OH is 1. The topological polar surface area (TPSA) is 141 Å². The van der Waals surface area contributed by atoms with E-state index in [2.05, 4.69) is 4.98 Å². The Kier molecular flexibility index (Phi) is 5.68. The van der Waals surface area contributed by atoms with Crippen molar-refractivity contribution in [2.24, 2.45) is 5.92 Å². The lowest BCUT2D eigenvalue weighted by atomic mass is 9.83. The van der Waals surface area contributed by atoms with Gasteiger partial charge in [0.1, 0.15) is 5.70 Å². The van der Waals surface area contributed by atoms with E-state index in [4.69, 9.17) is 4.74 Å². The van der Waals surface area contributed by atoms with Gasteiger partial charge in [-0.15, -0.1) is 0 Å². The Morgan fingerprint density at radius 3 is 2.56 bits per heavy atom. The maximum Gasteiger partial charge on any atom is 0.363 e. The molecule has 3 aromatic rings. The molecule has 2 aliphatic heterocycles. The molecule has 10 heteroatoms. The number of hydrogen-bond donors (Lipinski definition) is 3. The zero-order valence-corrected chi connectivity index (χ0v) is 19.6. The first-order chi connectivity index (χ1) is 17.1. The summed E-state index contributed by atoms with van der Waals surface area (Å²) in [5.41, 5.74) is 1.82. The van der Waals surface area contributed by atoms with Gasteiger partial charge >= 0.3 is 11.9 Å². The molecule has 2 aliphatic rings. The Hall–Kier alpha value is -4.31. The summed E-state index contributed by atoms with van der Waals surface area (Å²) in [5.74, 6) is -3.09. The minimum absolute atomic E-state index is 0.00989. The van der Waals surface area contributed by atoms with E-state index in [1.807, 2.05) is 29.1 Å². The number of phenols is 2. The number of phenolic OH excluding ortho intramolecular Hbond substituents is 2. The first kappa shape index (κ1) is 23.4. The van der Waals surface area contributed by atoms with Crippen LogP contribution in [0.4, 0.5) is 0 Å². The van der Waals surface area contributed by atoms with Crippen LogP contribution in [0.5, 0.6) is 11.5 Å². The van der Waals surface area contributed by atoms with Gasteiger partial charge in [0.25, 0.3) is 0 Å². The van der Waals surface area contributed by atoms with Crippen LogP contribution in [0.25, 0.3) is 16.3 Å². The predicted octanol–water partition coefficient (Wildman–Crippen LogP) is 1.39. The molecular formula is C26H24N3O7+. The van der Waals surface area contributed by atoms with Crippen LogP contribution in [0.2, 0.25) is 0 Å². The molecule has 0 aliphatic carbocycles. The number of carbonyl (C=O) groups is 3. The number of esters is 2. The molecule has 1 amide bonds. The SMILES string of the molecule is CC(=O)OC(=O)C1=C(c2ccc(C[n+]3ccc4cc(O)c(O)cc4c3)cn2)CC2[C@@H]([C@@H](C)O)C(=O)N12. The maximum absolute atomic E-state index is 12.7. The third-order valence-corrected chi connectivity index (χ3v) is 6.59. The number of β-lactam (4-membered cyclic amide) rings is 1. The van der Waals surface area contributed by atoms with E-state index in [9.17, 15) is 29.7 Å². The van der Waals surface area contributed by atoms with Gasteiger partial charge in [-0.25, -0.2) is 9.36 Å². The second kappa shape index (κ2) is 8.72. The molecule has 3 atom stereocenters.